The van der Waals surface area contributed by atoms with E-state index in [4.69, 9.17) is 9.47 Å². The van der Waals surface area contributed by atoms with Crippen LogP contribution in [0.2, 0.25) is 0 Å². The second-order valence-electron chi connectivity index (χ2n) is 9.76. The van der Waals surface area contributed by atoms with Gasteiger partial charge in [0.2, 0.25) is 0 Å². The van der Waals surface area contributed by atoms with Gasteiger partial charge in [-0.25, -0.2) is 0 Å². The normalized spacial score (nSPS) is 21.0. The van der Waals surface area contributed by atoms with Gasteiger partial charge in [0.15, 0.2) is 0 Å². The third kappa shape index (κ3) is 5.16. The fraction of sp³-hybridized carbons (Fsp3) is 0.290. The predicted octanol–water partition coefficient (Wildman–Crippen LogP) is 5.48. The number of aliphatic hydroxyl groups is 1. The minimum atomic E-state index is -0.682. The number of aliphatic hydroxyl groups excluding tert-OH is 1. The summed E-state index contributed by atoms with van der Waals surface area (Å²) in [5, 5.41) is 11.4. The van der Waals surface area contributed by atoms with E-state index in [1.54, 1.807) is 23.1 Å². The molecule has 2 saturated heterocycles. The number of Topliss-reactive ketones (excluding diaryl/α,β-unsaturated/α-hetero) is 1. The standard InChI is InChI=1S/C31H31NO5/c1-20-8-6-11-23(16-20)28-27(30(34)31(35)32(28)18-25-12-7-15-36-25)29(33)24-13-14-26(21(2)17-24)37-19-22-9-4-3-5-10-22/h3-6,8-11,13-14,16-17,25,28,33H,7,12,15,18-19H2,1-2H3/b29-27-. The zero-order chi connectivity index (χ0) is 25.9. The monoisotopic (exact) mass is 497 g/mol. The zero-order valence-electron chi connectivity index (χ0n) is 21.1. The molecule has 0 aliphatic carbocycles. The topological polar surface area (TPSA) is 76.1 Å². The highest BCUT2D eigenvalue weighted by Crippen LogP contribution is 2.40. The lowest BCUT2D eigenvalue weighted by atomic mass is 9.94. The second kappa shape index (κ2) is 10.6. The fourth-order valence-electron chi connectivity index (χ4n) is 5.11. The van der Waals surface area contributed by atoms with E-state index in [2.05, 4.69) is 0 Å². The molecule has 2 aliphatic heterocycles. The molecular formula is C31H31NO5. The second-order valence-corrected chi connectivity index (χ2v) is 9.76. The van der Waals surface area contributed by atoms with Gasteiger partial charge in [-0.15, -0.1) is 0 Å². The smallest absolute Gasteiger partial charge is 0.295 e. The van der Waals surface area contributed by atoms with Crippen LogP contribution >= 0.6 is 0 Å². The molecule has 2 heterocycles. The van der Waals surface area contributed by atoms with E-state index in [9.17, 15) is 14.7 Å². The van der Waals surface area contributed by atoms with E-state index in [0.717, 1.165) is 35.1 Å². The van der Waals surface area contributed by atoms with E-state index >= 15 is 0 Å². The van der Waals surface area contributed by atoms with Crippen LogP contribution in [0.3, 0.4) is 0 Å². The van der Waals surface area contributed by atoms with Gasteiger partial charge < -0.3 is 19.5 Å². The Bertz CT molecular complexity index is 1340. The quantitative estimate of drug-likeness (QED) is 0.266. The summed E-state index contributed by atoms with van der Waals surface area (Å²) in [6.07, 6.45) is 1.66. The van der Waals surface area contributed by atoms with Gasteiger partial charge in [0.25, 0.3) is 11.7 Å². The maximum absolute atomic E-state index is 13.3. The maximum atomic E-state index is 13.3. The highest BCUT2D eigenvalue weighted by Gasteiger charge is 2.47. The molecule has 37 heavy (non-hydrogen) atoms. The Balaban J connectivity index is 1.49. The predicted molar refractivity (Wildman–Crippen MR) is 141 cm³/mol. The number of hydrogen-bond acceptors (Lipinski definition) is 5. The van der Waals surface area contributed by atoms with Crippen molar-refractivity contribution in [2.45, 2.75) is 45.4 Å². The Labute approximate surface area is 217 Å². The number of likely N-dealkylation sites (tertiary alicyclic amines) is 1. The average molecular weight is 498 g/mol. The van der Waals surface area contributed by atoms with Gasteiger partial charge in [0, 0.05) is 18.7 Å². The van der Waals surface area contributed by atoms with Crippen LogP contribution in [0.4, 0.5) is 0 Å². The highest BCUT2D eigenvalue weighted by molar-refractivity contribution is 6.46. The molecule has 1 N–H and O–H groups in total. The van der Waals surface area contributed by atoms with Crippen molar-refractivity contribution in [2.75, 3.05) is 13.2 Å². The van der Waals surface area contributed by atoms with Gasteiger partial charge in [0.1, 0.15) is 18.1 Å². The minimum absolute atomic E-state index is 0.103. The first-order valence-electron chi connectivity index (χ1n) is 12.7. The first-order chi connectivity index (χ1) is 17.9. The van der Waals surface area contributed by atoms with E-state index < -0.39 is 17.7 Å². The summed E-state index contributed by atoms with van der Waals surface area (Å²) >= 11 is 0. The van der Waals surface area contributed by atoms with Crippen molar-refractivity contribution in [1.29, 1.82) is 0 Å². The Hall–Kier alpha value is -3.90. The molecule has 2 unspecified atom stereocenters. The van der Waals surface area contributed by atoms with Crippen molar-refractivity contribution in [2.24, 2.45) is 0 Å². The van der Waals surface area contributed by atoms with Crippen LogP contribution < -0.4 is 4.74 Å². The van der Waals surface area contributed by atoms with Crippen molar-refractivity contribution >= 4 is 17.4 Å². The van der Waals surface area contributed by atoms with Crippen molar-refractivity contribution < 1.29 is 24.2 Å². The summed E-state index contributed by atoms with van der Waals surface area (Å²) in [6, 6.07) is 22.2. The number of benzene rings is 3. The van der Waals surface area contributed by atoms with Gasteiger partial charge in [-0.05, 0) is 61.6 Å². The Morgan fingerprint density at radius 1 is 1.03 bits per heavy atom. The molecule has 3 aromatic carbocycles. The number of carbonyl (C=O) groups is 2. The Kier molecular flexibility index (Phi) is 7.10. The van der Waals surface area contributed by atoms with Crippen molar-refractivity contribution in [1.82, 2.24) is 4.90 Å². The molecule has 0 bridgehead atoms. The van der Waals surface area contributed by atoms with Gasteiger partial charge in [-0.3, -0.25) is 9.59 Å². The minimum Gasteiger partial charge on any atom is -0.507 e. The fourth-order valence-corrected chi connectivity index (χ4v) is 5.11. The number of amides is 1. The van der Waals surface area contributed by atoms with E-state index in [-0.39, 0.29) is 17.4 Å². The van der Waals surface area contributed by atoms with Gasteiger partial charge in [-0.2, -0.15) is 0 Å². The third-order valence-corrected chi connectivity index (χ3v) is 7.01. The number of carbonyl (C=O) groups excluding carboxylic acids is 2. The van der Waals surface area contributed by atoms with E-state index in [1.165, 1.54) is 0 Å². The lowest BCUT2D eigenvalue weighted by molar-refractivity contribution is -0.140. The molecular weight excluding hydrogens is 466 g/mol. The summed E-state index contributed by atoms with van der Waals surface area (Å²) in [5.41, 5.74) is 4.25. The molecule has 2 atom stereocenters. The van der Waals surface area contributed by atoms with Crippen molar-refractivity contribution in [3.05, 3.63) is 106 Å². The lowest BCUT2D eigenvalue weighted by Gasteiger charge is -2.27. The Morgan fingerprint density at radius 3 is 2.54 bits per heavy atom. The van der Waals surface area contributed by atoms with Crippen molar-refractivity contribution in [3.63, 3.8) is 0 Å². The molecule has 0 aromatic heterocycles. The van der Waals surface area contributed by atoms with Crippen LogP contribution in [0.25, 0.3) is 5.76 Å². The van der Waals surface area contributed by atoms with E-state index in [0.29, 0.717) is 31.1 Å². The number of ether oxygens (including phenoxy) is 2. The summed E-state index contributed by atoms with van der Waals surface area (Å²) in [7, 11) is 0. The molecule has 0 saturated carbocycles. The largest absolute Gasteiger partial charge is 0.507 e. The summed E-state index contributed by atoms with van der Waals surface area (Å²) in [6.45, 7) is 5.25. The number of aryl methyl sites for hydroxylation is 2. The number of hydrogen-bond donors (Lipinski definition) is 1. The first-order valence-corrected chi connectivity index (χ1v) is 12.7. The maximum Gasteiger partial charge on any atom is 0.295 e. The number of rotatable bonds is 7. The van der Waals surface area contributed by atoms with Gasteiger partial charge >= 0.3 is 0 Å². The van der Waals surface area contributed by atoms with Crippen LogP contribution in [-0.2, 0) is 20.9 Å². The molecule has 2 aliphatic rings. The molecule has 5 rings (SSSR count). The van der Waals surface area contributed by atoms with Crippen molar-refractivity contribution in [3.8, 4) is 5.75 Å². The molecule has 0 radical (unpaired) electrons. The number of nitrogens with zero attached hydrogens (tertiary/aromatic N) is 1. The first kappa shape index (κ1) is 24.8. The summed E-state index contributed by atoms with van der Waals surface area (Å²) in [4.78, 5) is 28.1. The summed E-state index contributed by atoms with van der Waals surface area (Å²) in [5.74, 6) is -0.779. The zero-order valence-corrected chi connectivity index (χ0v) is 21.1. The van der Waals surface area contributed by atoms with Gasteiger partial charge in [0.05, 0.1) is 17.7 Å². The molecule has 2 fully saturated rings. The average Bonchev–Trinajstić information content (AvgIpc) is 3.50. The van der Waals surface area contributed by atoms with Crippen LogP contribution in [-0.4, -0.2) is 41.0 Å². The van der Waals surface area contributed by atoms with E-state index in [1.807, 2.05) is 68.4 Å². The molecule has 1 amide bonds. The molecule has 6 nitrogen and oxygen atoms in total. The number of ketones is 1. The molecule has 3 aromatic rings. The SMILES string of the molecule is Cc1cccc(C2/C(=C(/O)c3ccc(OCc4ccccc4)c(C)c3)C(=O)C(=O)N2CC2CCCO2)c1. The van der Waals surface area contributed by atoms with Crippen LogP contribution in [0.15, 0.2) is 78.4 Å². The lowest BCUT2D eigenvalue weighted by Crippen LogP contribution is -2.36. The van der Waals surface area contributed by atoms with Crippen LogP contribution in [0, 0.1) is 13.8 Å². The van der Waals surface area contributed by atoms with Gasteiger partial charge in [-0.1, -0.05) is 60.2 Å². The summed E-state index contributed by atoms with van der Waals surface area (Å²) < 4.78 is 11.7. The highest BCUT2D eigenvalue weighted by atomic mass is 16.5. The van der Waals surface area contributed by atoms with Crippen LogP contribution in [0.1, 0.15) is 46.7 Å². The Morgan fingerprint density at radius 2 is 1.84 bits per heavy atom. The molecule has 6 heteroatoms. The third-order valence-electron chi connectivity index (χ3n) is 7.01. The molecule has 0 spiro atoms. The molecule has 190 valence electrons. The van der Waals surface area contributed by atoms with Crippen LogP contribution in [0.5, 0.6) is 5.75 Å².